The topological polar surface area (TPSA) is 46.6 Å². The third-order valence-electron chi connectivity index (χ3n) is 6.96. The Kier molecular flexibility index (Phi) is 3.63. The van der Waals surface area contributed by atoms with Gasteiger partial charge in [0, 0.05) is 12.8 Å². The predicted molar refractivity (Wildman–Crippen MR) is 94.7 cm³/mol. The Morgan fingerprint density at radius 1 is 1.31 bits per heavy atom. The van der Waals surface area contributed by atoms with E-state index in [2.05, 4.69) is 0 Å². The summed E-state index contributed by atoms with van der Waals surface area (Å²) >= 11 is 0. The van der Waals surface area contributed by atoms with Crippen LogP contribution >= 0.6 is 0 Å². The van der Waals surface area contributed by atoms with Crippen LogP contribution in [0.25, 0.3) is 0 Å². The van der Waals surface area contributed by atoms with Crippen LogP contribution in [0.3, 0.4) is 0 Å². The fourth-order valence-corrected chi connectivity index (χ4v) is 5.58. The van der Waals surface area contributed by atoms with Gasteiger partial charge in [0.05, 0.1) is 11.7 Å². The van der Waals surface area contributed by atoms with Gasteiger partial charge in [-0.25, -0.2) is 9.18 Å². The largest absolute Gasteiger partial charge is 0.444 e. The lowest BCUT2D eigenvalue weighted by atomic mass is 9.97. The number of nitrogens with zero attached hydrogens (tertiary/aromatic N) is 1. The number of rotatable bonds is 5. The van der Waals surface area contributed by atoms with Crippen molar-refractivity contribution in [1.29, 1.82) is 0 Å². The van der Waals surface area contributed by atoms with Crippen LogP contribution in [0.1, 0.15) is 62.5 Å². The average molecular weight is 357 g/mol. The van der Waals surface area contributed by atoms with E-state index in [-0.39, 0.29) is 23.7 Å². The molecule has 2 saturated carbocycles. The number of carbonyl (C=O) groups is 2. The van der Waals surface area contributed by atoms with Crippen molar-refractivity contribution in [1.82, 2.24) is 0 Å². The molecule has 2 heterocycles. The van der Waals surface area contributed by atoms with E-state index in [1.54, 1.807) is 11.0 Å². The minimum absolute atomic E-state index is 0.101. The van der Waals surface area contributed by atoms with Crippen molar-refractivity contribution in [2.24, 2.45) is 11.8 Å². The lowest BCUT2D eigenvalue weighted by Crippen LogP contribution is -2.33. The van der Waals surface area contributed by atoms with Gasteiger partial charge in [0.25, 0.3) is 0 Å². The number of amides is 1. The van der Waals surface area contributed by atoms with Crippen molar-refractivity contribution in [3.8, 4) is 0 Å². The van der Waals surface area contributed by atoms with E-state index in [0.29, 0.717) is 49.1 Å². The van der Waals surface area contributed by atoms with Crippen molar-refractivity contribution in [3.05, 3.63) is 29.1 Å². The summed E-state index contributed by atoms with van der Waals surface area (Å²) in [6.45, 7) is 1.85. The number of anilines is 1. The highest BCUT2D eigenvalue weighted by Gasteiger charge is 2.55. The molecule has 1 amide bonds. The number of cyclic esters (lactones) is 1. The maximum Gasteiger partial charge on any atom is 0.415 e. The normalized spacial score (nSPS) is 33.7. The Bertz CT molecular complexity index is 782. The summed E-state index contributed by atoms with van der Waals surface area (Å²) in [5, 5.41) is 0. The van der Waals surface area contributed by atoms with E-state index in [0.717, 1.165) is 11.1 Å². The highest BCUT2D eigenvalue weighted by Crippen LogP contribution is 2.63. The van der Waals surface area contributed by atoms with Crippen molar-refractivity contribution < 1.29 is 18.7 Å². The molecule has 0 N–H and O–H groups in total. The third kappa shape index (κ3) is 2.32. The Morgan fingerprint density at radius 2 is 2.08 bits per heavy atom. The maximum absolute atomic E-state index is 14.8. The van der Waals surface area contributed by atoms with Crippen LogP contribution in [0.15, 0.2) is 12.1 Å². The number of ketones is 1. The minimum atomic E-state index is -0.405. The molecule has 0 spiro atoms. The smallest absolute Gasteiger partial charge is 0.415 e. The SMILES string of the molecule is CCC(=O)CC[C@@H]1OC(=O)N2c3cc(F)c(C4C5CCCC54)cc3C[C@@H]12. The molecule has 3 fully saturated rings. The van der Waals surface area contributed by atoms with Crippen molar-refractivity contribution >= 4 is 17.6 Å². The van der Waals surface area contributed by atoms with Gasteiger partial charge in [0.15, 0.2) is 0 Å². The van der Waals surface area contributed by atoms with Crippen LogP contribution in [0.5, 0.6) is 0 Å². The minimum Gasteiger partial charge on any atom is -0.444 e. The molecule has 1 aromatic carbocycles. The van der Waals surface area contributed by atoms with E-state index in [4.69, 9.17) is 4.74 Å². The number of carbonyl (C=O) groups excluding carboxylic acids is 2. The summed E-state index contributed by atoms with van der Waals surface area (Å²) in [6, 6.07) is 3.45. The van der Waals surface area contributed by atoms with E-state index >= 15 is 0 Å². The fraction of sp³-hybridized carbons (Fsp3) is 0.619. The summed E-state index contributed by atoms with van der Waals surface area (Å²) in [4.78, 5) is 25.6. The molecular weight excluding hydrogens is 333 g/mol. The van der Waals surface area contributed by atoms with Crippen molar-refractivity contribution in [2.45, 2.75) is 69.9 Å². The zero-order chi connectivity index (χ0) is 18.0. The predicted octanol–water partition coefficient (Wildman–Crippen LogP) is 4.35. The summed E-state index contributed by atoms with van der Waals surface area (Å²) in [7, 11) is 0. The quantitative estimate of drug-likeness (QED) is 0.787. The number of Topliss-reactive ketones (excluding diaryl/α,β-unsaturated/α-hetero) is 1. The van der Waals surface area contributed by atoms with Gasteiger partial charge in [-0.3, -0.25) is 9.69 Å². The van der Waals surface area contributed by atoms with Gasteiger partial charge < -0.3 is 4.74 Å². The molecule has 2 unspecified atom stereocenters. The second-order valence-corrected chi connectivity index (χ2v) is 8.28. The second-order valence-electron chi connectivity index (χ2n) is 8.28. The van der Waals surface area contributed by atoms with Gasteiger partial charge >= 0.3 is 6.09 Å². The summed E-state index contributed by atoms with van der Waals surface area (Å²) < 4.78 is 20.3. The molecule has 4 aliphatic rings. The van der Waals surface area contributed by atoms with E-state index in [9.17, 15) is 14.0 Å². The first-order valence-electron chi connectivity index (χ1n) is 9.92. The molecule has 2 aliphatic heterocycles. The molecule has 0 aromatic heterocycles. The number of hydrogen-bond acceptors (Lipinski definition) is 3. The molecule has 1 saturated heterocycles. The molecule has 138 valence electrons. The highest BCUT2D eigenvalue weighted by molar-refractivity contribution is 5.94. The van der Waals surface area contributed by atoms with Crippen molar-refractivity contribution in [2.75, 3.05) is 4.90 Å². The van der Waals surface area contributed by atoms with Crippen LogP contribution in [0.4, 0.5) is 14.9 Å². The summed E-state index contributed by atoms with van der Waals surface area (Å²) in [6.07, 6.45) is 5.22. The first kappa shape index (κ1) is 16.3. The first-order chi connectivity index (χ1) is 12.6. The molecule has 4 nitrogen and oxygen atoms in total. The van der Waals surface area contributed by atoms with Gasteiger partial charge in [-0.1, -0.05) is 19.4 Å². The fourth-order valence-electron chi connectivity index (χ4n) is 5.58. The van der Waals surface area contributed by atoms with Gasteiger partial charge in [0.2, 0.25) is 0 Å². The van der Waals surface area contributed by atoms with Crippen molar-refractivity contribution in [3.63, 3.8) is 0 Å². The van der Waals surface area contributed by atoms with Crippen LogP contribution in [0, 0.1) is 17.7 Å². The number of halogens is 1. The first-order valence-corrected chi connectivity index (χ1v) is 9.92. The lowest BCUT2D eigenvalue weighted by Gasteiger charge is -2.16. The average Bonchev–Trinajstić information content (AvgIpc) is 2.99. The van der Waals surface area contributed by atoms with Crippen LogP contribution in [-0.4, -0.2) is 24.0 Å². The van der Waals surface area contributed by atoms with Crippen LogP contribution in [0.2, 0.25) is 0 Å². The zero-order valence-electron chi connectivity index (χ0n) is 15.0. The Balaban J connectivity index is 1.39. The number of ether oxygens (including phenoxy) is 1. The maximum atomic E-state index is 14.8. The number of fused-ring (bicyclic) bond motifs is 4. The number of hydrogen-bond donors (Lipinski definition) is 0. The Hall–Kier alpha value is -1.91. The monoisotopic (exact) mass is 357 g/mol. The summed E-state index contributed by atoms with van der Waals surface area (Å²) in [5.41, 5.74) is 2.57. The Morgan fingerprint density at radius 3 is 2.81 bits per heavy atom. The molecule has 0 radical (unpaired) electrons. The molecule has 2 aliphatic carbocycles. The van der Waals surface area contributed by atoms with E-state index in [1.165, 1.54) is 19.3 Å². The van der Waals surface area contributed by atoms with Gasteiger partial charge in [-0.05, 0) is 60.6 Å². The number of benzene rings is 1. The second kappa shape index (κ2) is 5.80. The van der Waals surface area contributed by atoms with Gasteiger partial charge in [-0.2, -0.15) is 0 Å². The molecule has 26 heavy (non-hydrogen) atoms. The van der Waals surface area contributed by atoms with E-state index in [1.807, 2.05) is 13.0 Å². The summed E-state index contributed by atoms with van der Waals surface area (Å²) in [5.74, 6) is 1.72. The molecule has 5 heteroatoms. The molecule has 5 rings (SSSR count). The van der Waals surface area contributed by atoms with Crippen LogP contribution in [-0.2, 0) is 16.0 Å². The molecule has 1 aromatic rings. The highest BCUT2D eigenvalue weighted by atomic mass is 19.1. The Labute approximate surface area is 152 Å². The van der Waals surface area contributed by atoms with Crippen LogP contribution < -0.4 is 4.90 Å². The van der Waals surface area contributed by atoms with Gasteiger partial charge in [-0.15, -0.1) is 0 Å². The van der Waals surface area contributed by atoms with E-state index < -0.39 is 6.09 Å². The third-order valence-corrected chi connectivity index (χ3v) is 6.96. The molecule has 0 bridgehead atoms. The molecular formula is C21H24FNO3. The lowest BCUT2D eigenvalue weighted by molar-refractivity contribution is -0.119. The van der Waals surface area contributed by atoms with Gasteiger partial charge in [0.1, 0.15) is 17.7 Å². The molecule has 4 atom stereocenters. The zero-order valence-corrected chi connectivity index (χ0v) is 15.0. The standard InChI is InChI=1S/C21H24FNO3/c1-2-12(24)6-7-19-18-9-11-8-15(20-13-4-3-5-14(13)20)16(22)10-17(11)23(18)21(25)26-19/h8,10,13-14,18-20H,2-7,9H2,1H3/t13?,14?,18-,19-,20?/m0/s1.